The van der Waals surface area contributed by atoms with Crippen LogP contribution < -0.4 is 10.5 Å². The monoisotopic (exact) mass is 295 g/mol. The Morgan fingerprint density at radius 3 is 2.60 bits per heavy atom. The van der Waals surface area contributed by atoms with E-state index in [1.165, 1.54) is 24.3 Å². The minimum Gasteiger partial charge on any atom is -0.363 e. The van der Waals surface area contributed by atoms with Gasteiger partial charge in [-0.3, -0.25) is 0 Å². The van der Waals surface area contributed by atoms with Crippen molar-refractivity contribution in [2.45, 2.75) is 17.9 Å². The molecule has 0 saturated heterocycles. The molecule has 5 nitrogen and oxygen atoms in total. The topological polar surface area (TPSA) is 85.1 Å². The Kier molecular flexibility index (Phi) is 4.01. The maximum absolute atomic E-state index is 13.0. The average molecular weight is 295 g/mol. The maximum Gasteiger partial charge on any atom is 0.238 e. The van der Waals surface area contributed by atoms with Gasteiger partial charge < -0.3 is 5.32 Å². The van der Waals surface area contributed by atoms with E-state index in [1.807, 2.05) is 6.92 Å². The number of nitrogens with two attached hydrogens (primary N) is 1. The summed E-state index contributed by atoms with van der Waals surface area (Å²) in [4.78, 5) is 3.73. The van der Waals surface area contributed by atoms with Gasteiger partial charge in [0, 0.05) is 6.04 Å². The van der Waals surface area contributed by atoms with Gasteiger partial charge in [-0.05, 0) is 36.8 Å². The quantitative estimate of drug-likeness (QED) is 0.845. The second-order valence-electron chi connectivity index (χ2n) is 4.33. The lowest BCUT2D eigenvalue weighted by atomic mass is 10.1. The lowest BCUT2D eigenvalue weighted by Gasteiger charge is -2.15. The molecule has 0 spiro atoms. The highest BCUT2D eigenvalue weighted by molar-refractivity contribution is 7.89. The fourth-order valence-electron chi connectivity index (χ4n) is 1.75. The molecule has 1 aromatic carbocycles. The largest absolute Gasteiger partial charge is 0.363 e. The van der Waals surface area contributed by atoms with E-state index in [0.29, 0.717) is 11.4 Å². The molecule has 106 valence electrons. The molecule has 1 heterocycles. The van der Waals surface area contributed by atoms with Gasteiger partial charge in [-0.1, -0.05) is 18.2 Å². The lowest BCUT2D eigenvalue weighted by molar-refractivity contribution is 0.584. The molecule has 3 N–H and O–H groups in total. The van der Waals surface area contributed by atoms with E-state index < -0.39 is 16.0 Å². The number of primary sulfonamides is 1. The first-order chi connectivity index (χ1) is 9.36. The molecule has 0 saturated carbocycles. The summed E-state index contributed by atoms with van der Waals surface area (Å²) in [7, 11) is -3.74. The van der Waals surface area contributed by atoms with Crippen LogP contribution >= 0.6 is 0 Å². The van der Waals surface area contributed by atoms with Crippen LogP contribution in [0.2, 0.25) is 0 Å². The predicted molar refractivity (Wildman–Crippen MR) is 74.0 cm³/mol. The highest BCUT2D eigenvalue weighted by Crippen LogP contribution is 2.20. The molecule has 0 fully saturated rings. The third kappa shape index (κ3) is 3.52. The molecule has 2 rings (SSSR count). The summed E-state index contributed by atoms with van der Waals surface area (Å²) in [6, 6.07) is 10.4. The van der Waals surface area contributed by atoms with E-state index in [0.717, 1.165) is 0 Å². The van der Waals surface area contributed by atoms with Crippen LogP contribution in [0.15, 0.2) is 47.4 Å². The lowest BCUT2D eigenvalue weighted by Crippen LogP contribution is -2.14. The van der Waals surface area contributed by atoms with Crippen LogP contribution in [0.5, 0.6) is 0 Å². The van der Waals surface area contributed by atoms with Crippen molar-refractivity contribution < 1.29 is 12.8 Å². The van der Waals surface area contributed by atoms with Gasteiger partial charge in [0.15, 0.2) is 0 Å². The number of sulfonamides is 1. The van der Waals surface area contributed by atoms with E-state index >= 15 is 0 Å². The molecule has 0 amide bonds. The Balaban J connectivity index is 2.23. The smallest absolute Gasteiger partial charge is 0.238 e. The summed E-state index contributed by atoms with van der Waals surface area (Å²) < 4.78 is 35.6. The Hall–Kier alpha value is -1.99. The molecule has 0 aliphatic heterocycles. The predicted octanol–water partition coefficient (Wildman–Crippen LogP) is 2.04. The number of benzene rings is 1. The van der Waals surface area contributed by atoms with Crippen LogP contribution in [-0.2, 0) is 10.0 Å². The maximum atomic E-state index is 13.0. The van der Waals surface area contributed by atoms with Crippen LogP contribution in [0.4, 0.5) is 10.2 Å². The van der Waals surface area contributed by atoms with Crippen LogP contribution in [0.3, 0.4) is 0 Å². The molecule has 1 unspecified atom stereocenters. The van der Waals surface area contributed by atoms with E-state index in [-0.39, 0.29) is 10.9 Å². The van der Waals surface area contributed by atoms with Gasteiger partial charge in [-0.25, -0.2) is 18.5 Å². The highest BCUT2D eigenvalue weighted by atomic mass is 32.2. The number of rotatable bonds is 4. The van der Waals surface area contributed by atoms with Gasteiger partial charge in [0.1, 0.15) is 5.82 Å². The molecule has 2 aromatic rings. The van der Waals surface area contributed by atoms with E-state index in [9.17, 15) is 12.8 Å². The molecule has 0 bridgehead atoms. The normalized spacial score (nSPS) is 12.9. The average Bonchev–Trinajstić information content (AvgIpc) is 2.38. The second-order valence-corrected chi connectivity index (χ2v) is 5.89. The standard InChI is InChI=1S/C13H14FN3O2S/c1-9(16-13-7-3-6-12(14)17-13)10-4-2-5-11(8-10)20(15,18)19/h2-9H,1H3,(H,16,17)(H2,15,18,19). The summed E-state index contributed by atoms with van der Waals surface area (Å²) in [6.45, 7) is 1.81. The molecule has 1 aromatic heterocycles. The first-order valence-electron chi connectivity index (χ1n) is 5.88. The summed E-state index contributed by atoms with van der Waals surface area (Å²) in [5.74, 6) is -0.209. The van der Waals surface area contributed by atoms with Gasteiger partial charge in [-0.15, -0.1) is 0 Å². The Morgan fingerprint density at radius 1 is 1.25 bits per heavy atom. The number of nitrogens with zero attached hydrogens (tertiary/aromatic N) is 1. The number of pyridine rings is 1. The van der Waals surface area contributed by atoms with Crippen molar-refractivity contribution in [3.05, 3.63) is 54.0 Å². The van der Waals surface area contributed by atoms with Gasteiger partial charge >= 0.3 is 0 Å². The van der Waals surface area contributed by atoms with E-state index in [4.69, 9.17) is 5.14 Å². The Labute approximate surface area is 116 Å². The fourth-order valence-corrected chi connectivity index (χ4v) is 2.32. The molecular formula is C13H14FN3O2S. The van der Waals surface area contributed by atoms with Crippen molar-refractivity contribution in [2.24, 2.45) is 5.14 Å². The summed E-state index contributed by atoms with van der Waals surface area (Å²) >= 11 is 0. The molecular weight excluding hydrogens is 281 g/mol. The third-order valence-electron chi connectivity index (χ3n) is 2.77. The minimum atomic E-state index is -3.74. The van der Waals surface area contributed by atoms with Crippen molar-refractivity contribution in [3.63, 3.8) is 0 Å². The number of anilines is 1. The minimum absolute atomic E-state index is 0.0378. The molecule has 0 aliphatic rings. The van der Waals surface area contributed by atoms with Crippen LogP contribution in [0.1, 0.15) is 18.5 Å². The summed E-state index contributed by atoms with van der Waals surface area (Å²) in [6.07, 6.45) is 0. The van der Waals surface area contributed by atoms with Crippen molar-refractivity contribution in [1.29, 1.82) is 0 Å². The van der Waals surface area contributed by atoms with Gasteiger partial charge in [-0.2, -0.15) is 4.39 Å². The summed E-state index contributed by atoms with van der Waals surface area (Å²) in [5, 5.41) is 8.08. The van der Waals surface area contributed by atoms with E-state index in [2.05, 4.69) is 10.3 Å². The first-order valence-corrected chi connectivity index (χ1v) is 7.43. The Morgan fingerprint density at radius 2 is 1.95 bits per heavy atom. The zero-order chi connectivity index (χ0) is 14.8. The number of hydrogen-bond donors (Lipinski definition) is 2. The number of aromatic nitrogens is 1. The molecule has 7 heteroatoms. The van der Waals surface area contributed by atoms with Crippen LogP contribution in [0, 0.1) is 5.95 Å². The van der Waals surface area contributed by atoms with Gasteiger partial charge in [0.05, 0.1) is 4.90 Å². The van der Waals surface area contributed by atoms with Crippen molar-refractivity contribution in [1.82, 2.24) is 4.98 Å². The molecule has 20 heavy (non-hydrogen) atoms. The molecule has 1 atom stereocenters. The molecule has 0 aliphatic carbocycles. The van der Waals surface area contributed by atoms with E-state index in [1.54, 1.807) is 18.2 Å². The molecule has 0 radical (unpaired) electrons. The number of halogens is 1. The zero-order valence-corrected chi connectivity index (χ0v) is 11.6. The number of nitrogens with one attached hydrogen (secondary N) is 1. The van der Waals surface area contributed by atoms with Crippen molar-refractivity contribution in [3.8, 4) is 0 Å². The van der Waals surface area contributed by atoms with Crippen molar-refractivity contribution in [2.75, 3.05) is 5.32 Å². The highest BCUT2D eigenvalue weighted by Gasteiger charge is 2.12. The van der Waals surface area contributed by atoms with Crippen LogP contribution in [0.25, 0.3) is 0 Å². The van der Waals surface area contributed by atoms with Gasteiger partial charge in [0.2, 0.25) is 16.0 Å². The second kappa shape index (κ2) is 5.56. The SMILES string of the molecule is CC(Nc1cccc(F)n1)c1cccc(S(N)(=O)=O)c1. The zero-order valence-electron chi connectivity index (χ0n) is 10.7. The first kappa shape index (κ1) is 14.4. The number of hydrogen-bond acceptors (Lipinski definition) is 4. The van der Waals surface area contributed by atoms with Crippen molar-refractivity contribution >= 4 is 15.8 Å². The van der Waals surface area contributed by atoms with Gasteiger partial charge in [0.25, 0.3) is 0 Å². The fraction of sp³-hybridized carbons (Fsp3) is 0.154. The third-order valence-corrected chi connectivity index (χ3v) is 3.68. The van der Waals surface area contributed by atoms with Crippen LogP contribution in [-0.4, -0.2) is 13.4 Å². The Bertz CT molecular complexity index is 719. The summed E-state index contributed by atoms with van der Waals surface area (Å²) in [5.41, 5.74) is 0.711.